The molecule has 2 aliphatic carbocycles. The molecular weight excluding hydrogens is 517 g/mol. The van der Waals surface area contributed by atoms with Crippen LogP contribution in [0.15, 0.2) is 42.6 Å². The number of carbonyl (C=O) groups is 1. The molecule has 2 aromatic carbocycles. The smallest absolute Gasteiger partial charge is 0.306 e. The summed E-state index contributed by atoms with van der Waals surface area (Å²) in [5, 5.41) is 5.43. The predicted octanol–water partition coefficient (Wildman–Crippen LogP) is 6.53. The quantitative estimate of drug-likeness (QED) is 0.268. The first-order chi connectivity index (χ1) is 18.9. The summed E-state index contributed by atoms with van der Waals surface area (Å²) >= 11 is 6.60. The Morgan fingerprint density at radius 3 is 2.74 bits per heavy atom. The highest BCUT2D eigenvalue weighted by Crippen LogP contribution is 2.45. The number of rotatable bonds is 10. The van der Waals surface area contributed by atoms with Gasteiger partial charge in [-0.15, -0.1) is 0 Å². The van der Waals surface area contributed by atoms with Crippen molar-refractivity contribution in [1.82, 2.24) is 9.78 Å². The number of fused-ring (bicyclic) bond motifs is 2. The Balaban J connectivity index is 1.11. The second kappa shape index (κ2) is 10.9. The van der Waals surface area contributed by atoms with Gasteiger partial charge in [0.15, 0.2) is 0 Å². The van der Waals surface area contributed by atoms with E-state index in [0.717, 1.165) is 41.9 Å². The largest absolute Gasteiger partial charge is 0.466 e. The average molecular weight is 552 g/mol. The molecular formula is C31H35ClFN3O3. The molecule has 6 rings (SSSR count). The van der Waals surface area contributed by atoms with Crippen molar-refractivity contribution in [3.8, 4) is 5.69 Å². The molecule has 1 saturated heterocycles. The molecule has 8 heteroatoms. The lowest BCUT2D eigenvalue weighted by atomic mass is 10.0. The summed E-state index contributed by atoms with van der Waals surface area (Å²) in [7, 11) is 0. The maximum atomic E-state index is 15.1. The zero-order chi connectivity index (χ0) is 27.1. The third-order valence-corrected chi connectivity index (χ3v) is 8.78. The molecule has 1 aromatic heterocycles. The van der Waals surface area contributed by atoms with Crippen LogP contribution in [0.1, 0.15) is 67.3 Å². The van der Waals surface area contributed by atoms with E-state index in [1.54, 1.807) is 13.0 Å². The van der Waals surface area contributed by atoms with Crippen LogP contribution in [-0.2, 0) is 27.3 Å². The summed E-state index contributed by atoms with van der Waals surface area (Å²) in [6, 6.07) is 11.5. The lowest BCUT2D eigenvalue weighted by Gasteiger charge is -2.33. The van der Waals surface area contributed by atoms with Gasteiger partial charge in [-0.1, -0.05) is 29.8 Å². The zero-order valence-electron chi connectivity index (χ0n) is 22.5. The van der Waals surface area contributed by atoms with Gasteiger partial charge in [0.1, 0.15) is 5.82 Å². The summed E-state index contributed by atoms with van der Waals surface area (Å²) in [5.41, 5.74) is 5.82. The second-order valence-electron chi connectivity index (χ2n) is 11.1. The van der Waals surface area contributed by atoms with Crippen molar-refractivity contribution in [1.29, 1.82) is 0 Å². The Labute approximate surface area is 234 Å². The molecule has 0 unspecified atom stereocenters. The van der Waals surface area contributed by atoms with Crippen LogP contribution in [0.2, 0.25) is 5.02 Å². The van der Waals surface area contributed by atoms with Crippen molar-refractivity contribution in [3.63, 3.8) is 0 Å². The number of esters is 1. The highest BCUT2D eigenvalue weighted by Gasteiger charge is 2.46. The van der Waals surface area contributed by atoms with E-state index < -0.39 is 0 Å². The van der Waals surface area contributed by atoms with E-state index in [1.165, 1.54) is 18.4 Å². The van der Waals surface area contributed by atoms with Crippen molar-refractivity contribution >= 4 is 23.3 Å². The first-order valence-electron chi connectivity index (χ1n) is 14.1. The molecule has 6 nitrogen and oxygen atoms in total. The Morgan fingerprint density at radius 2 is 2.05 bits per heavy atom. The number of halogens is 2. The van der Waals surface area contributed by atoms with Gasteiger partial charge in [0.05, 0.1) is 47.6 Å². The topological polar surface area (TPSA) is 56.6 Å². The van der Waals surface area contributed by atoms with Crippen molar-refractivity contribution in [2.75, 3.05) is 18.1 Å². The van der Waals surface area contributed by atoms with Crippen LogP contribution >= 0.6 is 11.6 Å². The highest BCUT2D eigenvalue weighted by atomic mass is 35.5. The van der Waals surface area contributed by atoms with E-state index in [-0.39, 0.29) is 30.4 Å². The summed E-state index contributed by atoms with van der Waals surface area (Å²) in [6.07, 6.45) is 7.14. The third kappa shape index (κ3) is 5.31. The molecule has 2 heterocycles. The third-order valence-electron chi connectivity index (χ3n) is 8.47. The molecule has 206 valence electrons. The molecule has 3 atom stereocenters. The van der Waals surface area contributed by atoms with Gasteiger partial charge in [0, 0.05) is 24.9 Å². The molecule has 3 fully saturated rings. The first-order valence-corrected chi connectivity index (χ1v) is 14.4. The molecule has 1 aliphatic heterocycles. The molecule has 0 amide bonds. The van der Waals surface area contributed by atoms with Gasteiger partial charge in [-0.25, -0.2) is 9.07 Å². The minimum atomic E-state index is -0.251. The summed E-state index contributed by atoms with van der Waals surface area (Å²) < 4.78 is 28.7. The van der Waals surface area contributed by atoms with Crippen LogP contribution in [-0.4, -0.2) is 41.0 Å². The lowest BCUT2D eigenvalue weighted by molar-refractivity contribution is -0.143. The fraction of sp³-hybridized carbons (Fsp3) is 0.484. The van der Waals surface area contributed by atoms with Crippen LogP contribution in [0.5, 0.6) is 0 Å². The fourth-order valence-corrected chi connectivity index (χ4v) is 6.66. The van der Waals surface area contributed by atoms with Crippen LogP contribution in [0, 0.1) is 18.7 Å². The number of aryl methyl sites for hydroxylation is 2. The average Bonchev–Trinajstić information content (AvgIpc) is 3.37. The second-order valence-corrected chi connectivity index (χ2v) is 11.5. The monoisotopic (exact) mass is 551 g/mol. The van der Waals surface area contributed by atoms with E-state index in [9.17, 15) is 4.79 Å². The Hall–Kier alpha value is -2.90. The maximum Gasteiger partial charge on any atom is 0.306 e. The zero-order valence-corrected chi connectivity index (χ0v) is 23.3. The van der Waals surface area contributed by atoms with Gasteiger partial charge in [-0.2, -0.15) is 5.10 Å². The number of benzene rings is 2. The molecule has 2 bridgehead atoms. The number of hydrogen-bond donors (Lipinski definition) is 0. The Kier molecular flexibility index (Phi) is 7.38. The van der Waals surface area contributed by atoms with Gasteiger partial charge in [-0.05, 0) is 86.8 Å². The molecule has 3 aromatic rings. The molecule has 0 N–H and O–H groups in total. The van der Waals surface area contributed by atoms with Gasteiger partial charge in [-0.3, -0.25) is 4.79 Å². The van der Waals surface area contributed by atoms with E-state index in [4.69, 9.17) is 26.2 Å². The molecule has 3 aliphatic rings. The lowest BCUT2D eigenvalue weighted by Crippen LogP contribution is -2.39. The Bertz CT molecular complexity index is 1350. The number of ether oxygens (including phenoxy) is 2. The number of piperidine rings is 1. The summed E-state index contributed by atoms with van der Waals surface area (Å²) in [5.74, 6) is 0.438. The van der Waals surface area contributed by atoms with E-state index in [0.29, 0.717) is 42.2 Å². The maximum absolute atomic E-state index is 15.1. The van der Waals surface area contributed by atoms with Crippen LogP contribution in [0.4, 0.5) is 10.1 Å². The minimum Gasteiger partial charge on any atom is -0.466 e. The predicted molar refractivity (Wildman–Crippen MR) is 149 cm³/mol. The number of para-hydroxylation sites is 1. The number of aromatic nitrogens is 2. The van der Waals surface area contributed by atoms with Crippen molar-refractivity contribution < 1.29 is 18.7 Å². The SMILES string of the molecule is CCOC(=O)CCc1ccc(N2C[C@@H]3C[C@H]2C[C@H]3OCc2c(C3CC3)cnn2-c2c(C)cccc2Cl)c(F)c1. The fourth-order valence-electron chi connectivity index (χ4n) is 6.36. The molecule has 39 heavy (non-hydrogen) atoms. The van der Waals surface area contributed by atoms with Gasteiger partial charge in [0.25, 0.3) is 0 Å². The molecule has 0 spiro atoms. The number of nitrogens with zero attached hydrogens (tertiary/aromatic N) is 3. The summed E-state index contributed by atoms with van der Waals surface area (Å²) in [6.45, 7) is 5.48. The first kappa shape index (κ1) is 26.3. The normalized spacial score (nSPS) is 22.1. The van der Waals surface area contributed by atoms with Crippen LogP contribution in [0.3, 0.4) is 0 Å². The number of hydrogen-bond acceptors (Lipinski definition) is 5. The van der Waals surface area contributed by atoms with Gasteiger partial charge >= 0.3 is 5.97 Å². The van der Waals surface area contributed by atoms with Gasteiger partial charge < -0.3 is 14.4 Å². The summed E-state index contributed by atoms with van der Waals surface area (Å²) in [4.78, 5) is 13.8. The van der Waals surface area contributed by atoms with Crippen molar-refractivity contribution in [3.05, 3.63) is 75.8 Å². The van der Waals surface area contributed by atoms with Crippen LogP contribution in [0.25, 0.3) is 5.69 Å². The van der Waals surface area contributed by atoms with E-state index in [2.05, 4.69) is 17.9 Å². The van der Waals surface area contributed by atoms with Gasteiger partial charge in [0.2, 0.25) is 0 Å². The Morgan fingerprint density at radius 1 is 1.21 bits per heavy atom. The minimum absolute atomic E-state index is 0.140. The molecule has 2 saturated carbocycles. The van der Waals surface area contributed by atoms with Crippen molar-refractivity contribution in [2.45, 2.75) is 77.0 Å². The van der Waals surface area contributed by atoms with E-state index in [1.807, 2.05) is 35.1 Å². The highest BCUT2D eigenvalue weighted by molar-refractivity contribution is 6.32. The van der Waals surface area contributed by atoms with Crippen molar-refractivity contribution in [2.24, 2.45) is 5.92 Å². The van der Waals surface area contributed by atoms with Crippen LogP contribution < -0.4 is 4.90 Å². The van der Waals surface area contributed by atoms with E-state index >= 15 is 4.39 Å². The number of anilines is 1. The molecule has 0 radical (unpaired) electrons. The number of carbonyl (C=O) groups excluding carboxylic acids is 1. The standard InChI is InChI=1S/C31H35ClFN3O3/c1-3-38-30(37)12-8-20-7-11-27(26(33)13-20)35-17-22-14-23(35)15-29(22)39-18-28-24(21-9-10-21)16-34-36(28)31-19(2)5-4-6-25(31)32/h4-7,11,13,16,21-23,29H,3,8-10,12,14-15,17-18H2,1-2H3/t22-,23-,29+/m0/s1.